The van der Waals surface area contributed by atoms with Gasteiger partial charge in [-0.05, 0) is 30.9 Å². The number of nitrogens with one attached hydrogen (secondary N) is 2. The monoisotopic (exact) mass is 359 g/mol. The summed E-state index contributed by atoms with van der Waals surface area (Å²) >= 11 is 0. The highest BCUT2D eigenvalue weighted by molar-refractivity contribution is 5.88. The Morgan fingerprint density at radius 2 is 2.12 bits per heavy atom. The number of carbonyl (C=O) groups is 2. The smallest absolute Gasteiger partial charge is 0.240 e. The van der Waals surface area contributed by atoms with Crippen LogP contribution in [0, 0.1) is 5.92 Å². The highest BCUT2D eigenvalue weighted by atomic mass is 16.5. The number of nitrogens with zero attached hydrogens (tertiary/aromatic N) is 1. The second-order valence-corrected chi connectivity index (χ2v) is 7.25. The van der Waals surface area contributed by atoms with E-state index in [1.807, 2.05) is 23.1 Å². The van der Waals surface area contributed by atoms with E-state index in [1.54, 1.807) is 7.11 Å². The van der Waals surface area contributed by atoms with Crippen molar-refractivity contribution in [2.24, 2.45) is 5.92 Å². The first-order valence-electron chi connectivity index (χ1n) is 9.24. The predicted octanol–water partition coefficient (Wildman–Crippen LogP) is 0.327. The van der Waals surface area contributed by atoms with Crippen molar-refractivity contribution in [3.05, 3.63) is 23.8 Å². The molecule has 2 N–H and O–H groups in total. The summed E-state index contributed by atoms with van der Waals surface area (Å²) in [6, 6.07) is 5.78. The molecule has 0 saturated carbocycles. The van der Waals surface area contributed by atoms with E-state index in [1.165, 1.54) is 0 Å². The summed E-state index contributed by atoms with van der Waals surface area (Å²) in [4.78, 5) is 27.1. The lowest BCUT2D eigenvalue weighted by molar-refractivity contribution is -0.142. The van der Waals surface area contributed by atoms with Gasteiger partial charge in [0, 0.05) is 26.2 Å². The summed E-state index contributed by atoms with van der Waals surface area (Å²) in [5.41, 5.74) is 0.508. The molecule has 7 heteroatoms. The topological polar surface area (TPSA) is 79.9 Å². The molecule has 1 atom stereocenters. The molecular weight excluding hydrogens is 334 g/mol. The first-order chi connectivity index (χ1) is 12.6. The summed E-state index contributed by atoms with van der Waals surface area (Å²) in [6.45, 7) is 3.02. The van der Waals surface area contributed by atoms with Gasteiger partial charge in [0.1, 0.15) is 12.1 Å². The molecule has 0 aliphatic carbocycles. The molecule has 3 heterocycles. The number of hydrogen-bond donors (Lipinski definition) is 2. The molecule has 0 bridgehead atoms. The molecule has 3 aliphatic heterocycles. The van der Waals surface area contributed by atoms with Crippen molar-refractivity contribution in [1.29, 1.82) is 0 Å². The van der Waals surface area contributed by atoms with E-state index < -0.39 is 5.54 Å². The largest absolute Gasteiger partial charge is 0.493 e. The maximum Gasteiger partial charge on any atom is 0.240 e. The Morgan fingerprint density at radius 3 is 2.85 bits per heavy atom. The summed E-state index contributed by atoms with van der Waals surface area (Å²) in [5, 5.41) is 6.30. The second kappa shape index (κ2) is 6.79. The third-order valence-corrected chi connectivity index (χ3v) is 5.76. The quantitative estimate of drug-likeness (QED) is 0.795. The fourth-order valence-electron chi connectivity index (χ4n) is 4.21. The molecule has 2 amide bonds. The van der Waals surface area contributed by atoms with Crippen LogP contribution in [0.2, 0.25) is 0 Å². The van der Waals surface area contributed by atoms with Crippen LogP contribution in [0.3, 0.4) is 0 Å². The molecule has 140 valence electrons. The molecular formula is C19H25N3O4. The van der Waals surface area contributed by atoms with Gasteiger partial charge in [-0.25, -0.2) is 0 Å². The minimum absolute atomic E-state index is 0.0675. The fourth-order valence-corrected chi connectivity index (χ4v) is 4.21. The number of hydrogen-bond acceptors (Lipinski definition) is 5. The van der Waals surface area contributed by atoms with Gasteiger partial charge in [-0.15, -0.1) is 0 Å². The molecule has 1 aromatic rings. The summed E-state index contributed by atoms with van der Waals surface area (Å²) in [5.74, 6) is 1.46. The minimum Gasteiger partial charge on any atom is -0.493 e. The predicted molar refractivity (Wildman–Crippen MR) is 95.2 cm³/mol. The highest BCUT2D eigenvalue weighted by Gasteiger charge is 2.44. The normalized spacial score (nSPS) is 24.4. The van der Waals surface area contributed by atoms with E-state index in [2.05, 4.69) is 10.6 Å². The van der Waals surface area contributed by atoms with Crippen molar-refractivity contribution in [3.63, 3.8) is 0 Å². The summed E-state index contributed by atoms with van der Waals surface area (Å²) in [7, 11) is 1.62. The number of ether oxygens (including phenoxy) is 2. The van der Waals surface area contributed by atoms with Crippen LogP contribution in [0.15, 0.2) is 18.2 Å². The maximum absolute atomic E-state index is 13.0. The standard InChI is InChI=1S/C19H25N3O4/c1-25-15-4-2-3-13-11-14(12-26-16(13)15)17(23)22-9-5-19(6-10-22)18(24)20-7-8-21-19/h2-4,14,21H,5-12H2,1H3,(H,20,24). The zero-order valence-electron chi connectivity index (χ0n) is 15.0. The van der Waals surface area contributed by atoms with Crippen molar-refractivity contribution >= 4 is 11.8 Å². The first-order valence-corrected chi connectivity index (χ1v) is 9.24. The van der Waals surface area contributed by atoms with Crippen molar-refractivity contribution < 1.29 is 19.1 Å². The van der Waals surface area contributed by atoms with Gasteiger partial charge in [-0.1, -0.05) is 12.1 Å². The molecule has 1 aromatic carbocycles. The Hall–Kier alpha value is -2.28. The number of rotatable bonds is 2. The van der Waals surface area contributed by atoms with Crippen LogP contribution < -0.4 is 20.1 Å². The highest BCUT2D eigenvalue weighted by Crippen LogP contribution is 2.36. The number of methoxy groups -OCH3 is 1. The molecule has 0 aromatic heterocycles. The van der Waals surface area contributed by atoms with Crippen LogP contribution in [0.5, 0.6) is 11.5 Å². The summed E-state index contributed by atoms with van der Waals surface area (Å²) < 4.78 is 11.2. The van der Waals surface area contributed by atoms with Crippen LogP contribution in [0.25, 0.3) is 0 Å². The third-order valence-electron chi connectivity index (χ3n) is 5.76. The first kappa shape index (κ1) is 17.1. The van der Waals surface area contributed by atoms with Gasteiger partial charge in [-0.3, -0.25) is 9.59 Å². The molecule has 7 nitrogen and oxygen atoms in total. The molecule has 26 heavy (non-hydrogen) atoms. The Kier molecular flexibility index (Phi) is 4.48. The number of piperidine rings is 1. The zero-order chi connectivity index (χ0) is 18.1. The molecule has 2 saturated heterocycles. The lowest BCUT2D eigenvalue weighted by Gasteiger charge is -2.44. The van der Waals surface area contributed by atoms with Crippen molar-refractivity contribution in [1.82, 2.24) is 15.5 Å². The number of carbonyl (C=O) groups excluding carboxylic acids is 2. The van der Waals surface area contributed by atoms with Crippen molar-refractivity contribution in [3.8, 4) is 11.5 Å². The number of piperazine rings is 1. The Balaban J connectivity index is 1.41. The van der Waals surface area contributed by atoms with Crippen molar-refractivity contribution in [2.75, 3.05) is 39.9 Å². The zero-order valence-corrected chi connectivity index (χ0v) is 15.0. The molecule has 1 unspecified atom stereocenters. The van der Waals surface area contributed by atoms with Crippen molar-refractivity contribution in [2.45, 2.75) is 24.8 Å². The average Bonchev–Trinajstić information content (AvgIpc) is 2.69. The SMILES string of the molecule is COc1cccc2c1OCC(C(=O)N1CCC3(CC1)NCCNC3=O)C2. The summed E-state index contributed by atoms with van der Waals surface area (Å²) in [6.07, 6.45) is 1.97. The van der Waals surface area contributed by atoms with E-state index in [9.17, 15) is 9.59 Å². The number of para-hydroxylation sites is 1. The van der Waals surface area contributed by atoms with E-state index in [0.29, 0.717) is 51.3 Å². The van der Waals surface area contributed by atoms with E-state index in [-0.39, 0.29) is 17.7 Å². The molecule has 2 fully saturated rings. The number of benzene rings is 1. The number of amides is 2. The lowest BCUT2D eigenvalue weighted by Crippen LogP contribution is -2.67. The van der Waals surface area contributed by atoms with Gasteiger partial charge in [0.05, 0.1) is 13.0 Å². The Bertz CT molecular complexity index is 713. The van der Waals surface area contributed by atoms with Gasteiger partial charge >= 0.3 is 0 Å². The second-order valence-electron chi connectivity index (χ2n) is 7.25. The van der Waals surface area contributed by atoms with Gasteiger partial charge in [0.2, 0.25) is 11.8 Å². The lowest BCUT2D eigenvalue weighted by atomic mass is 9.84. The van der Waals surface area contributed by atoms with E-state index in [4.69, 9.17) is 9.47 Å². The van der Waals surface area contributed by atoms with E-state index >= 15 is 0 Å². The van der Waals surface area contributed by atoms with Gasteiger partial charge in [0.25, 0.3) is 0 Å². The minimum atomic E-state index is -0.502. The Morgan fingerprint density at radius 1 is 1.31 bits per heavy atom. The van der Waals surface area contributed by atoms with Crippen LogP contribution in [-0.2, 0) is 16.0 Å². The van der Waals surface area contributed by atoms with Crippen LogP contribution in [0.4, 0.5) is 0 Å². The van der Waals surface area contributed by atoms with Crippen LogP contribution in [0.1, 0.15) is 18.4 Å². The maximum atomic E-state index is 13.0. The average molecular weight is 359 g/mol. The van der Waals surface area contributed by atoms with Gasteiger partial charge in [-0.2, -0.15) is 0 Å². The fraction of sp³-hybridized carbons (Fsp3) is 0.579. The molecule has 4 rings (SSSR count). The third kappa shape index (κ3) is 2.90. The van der Waals surface area contributed by atoms with Gasteiger partial charge in [0.15, 0.2) is 11.5 Å². The van der Waals surface area contributed by atoms with E-state index in [0.717, 1.165) is 17.9 Å². The Labute approximate surface area is 153 Å². The molecule has 1 spiro atoms. The van der Waals surface area contributed by atoms with Gasteiger partial charge < -0.3 is 25.0 Å². The number of likely N-dealkylation sites (tertiary alicyclic amines) is 1. The molecule has 3 aliphatic rings. The number of fused-ring (bicyclic) bond motifs is 1. The van der Waals surface area contributed by atoms with Crippen LogP contribution in [-0.4, -0.2) is 62.1 Å². The molecule has 0 radical (unpaired) electrons. The van der Waals surface area contributed by atoms with Crippen LogP contribution >= 0.6 is 0 Å².